The van der Waals surface area contributed by atoms with Gasteiger partial charge in [0, 0.05) is 6.54 Å². The van der Waals surface area contributed by atoms with Gasteiger partial charge in [-0.15, -0.1) is 11.3 Å². The number of ether oxygens (including phenoxy) is 1. The second kappa shape index (κ2) is 4.44. The van der Waals surface area contributed by atoms with Crippen molar-refractivity contribution in [3.05, 3.63) is 35.2 Å². The second-order valence-electron chi connectivity index (χ2n) is 3.96. The average Bonchev–Trinajstić information content (AvgIpc) is 3.03. The molecule has 0 bridgehead atoms. The maximum Gasteiger partial charge on any atom is 0.152 e. The number of aromatic amines is 1. The van der Waals surface area contributed by atoms with Gasteiger partial charge >= 0.3 is 0 Å². The van der Waals surface area contributed by atoms with E-state index < -0.39 is 0 Å². The lowest BCUT2D eigenvalue weighted by Crippen LogP contribution is -1.95. The predicted molar refractivity (Wildman–Crippen MR) is 73.9 cm³/mol. The highest BCUT2D eigenvalue weighted by atomic mass is 32.1. The lowest BCUT2D eigenvalue weighted by molar-refractivity contribution is 0.418. The molecule has 1 aromatic carbocycles. The molecule has 3 rings (SSSR count). The van der Waals surface area contributed by atoms with E-state index in [0.717, 1.165) is 33.0 Å². The number of aromatic nitrogens is 2. The Balaban J connectivity index is 2.13. The molecule has 0 aliphatic heterocycles. The molecule has 0 atom stereocenters. The summed E-state index contributed by atoms with van der Waals surface area (Å²) in [4.78, 5) is 8.90. The van der Waals surface area contributed by atoms with E-state index in [1.807, 2.05) is 29.6 Å². The number of hydrogen-bond donors (Lipinski definition) is 2. The van der Waals surface area contributed by atoms with Gasteiger partial charge in [0.1, 0.15) is 10.6 Å². The fourth-order valence-electron chi connectivity index (χ4n) is 1.92. The number of H-pyrrole nitrogens is 1. The van der Waals surface area contributed by atoms with Gasteiger partial charge < -0.3 is 15.5 Å². The Morgan fingerprint density at radius 1 is 1.39 bits per heavy atom. The molecule has 18 heavy (non-hydrogen) atoms. The summed E-state index contributed by atoms with van der Waals surface area (Å²) in [5, 5.41) is 1.99. The summed E-state index contributed by atoms with van der Waals surface area (Å²) >= 11 is 1.61. The molecular weight excluding hydrogens is 246 g/mol. The van der Waals surface area contributed by atoms with Gasteiger partial charge in [-0.25, -0.2) is 4.98 Å². The first-order valence-electron chi connectivity index (χ1n) is 5.62. The van der Waals surface area contributed by atoms with E-state index in [1.165, 1.54) is 0 Å². The molecule has 0 fully saturated rings. The van der Waals surface area contributed by atoms with E-state index in [1.54, 1.807) is 18.4 Å². The number of methoxy groups -OCH3 is 1. The van der Waals surface area contributed by atoms with Crippen molar-refractivity contribution in [3.8, 4) is 16.5 Å². The minimum absolute atomic E-state index is 0.534. The van der Waals surface area contributed by atoms with Gasteiger partial charge in [-0.2, -0.15) is 0 Å². The third-order valence-electron chi connectivity index (χ3n) is 2.85. The highest BCUT2D eigenvalue weighted by Crippen LogP contribution is 2.34. The normalized spacial score (nSPS) is 11.0. The molecule has 0 unspecified atom stereocenters. The maximum absolute atomic E-state index is 5.64. The first-order chi connectivity index (χ1) is 8.81. The number of nitrogens with one attached hydrogen (secondary N) is 1. The second-order valence-corrected chi connectivity index (χ2v) is 4.88. The predicted octanol–water partition coefficient (Wildman–Crippen LogP) is 2.76. The zero-order chi connectivity index (χ0) is 12.5. The van der Waals surface area contributed by atoms with Crippen molar-refractivity contribution in [3.63, 3.8) is 0 Å². The minimum atomic E-state index is 0.534. The standard InChI is InChI=1S/C13H13N3OS/c1-17-11-4-5-18-12(11)13-15-9-3-2-8(7-14)6-10(9)16-13/h2-6H,7,14H2,1H3,(H,15,16). The van der Waals surface area contributed by atoms with Crippen LogP contribution in [-0.2, 0) is 6.54 Å². The summed E-state index contributed by atoms with van der Waals surface area (Å²) in [5.74, 6) is 1.68. The Labute approximate surface area is 108 Å². The molecule has 0 saturated carbocycles. The summed E-state index contributed by atoms with van der Waals surface area (Å²) in [5.41, 5.74) is 8.67. The van der Waals surface area contributed by atoms with Crippen LogP contribution in [0.2, 0.25) is 0 Å². The van der Waals surface area contributed by atoms with Crippen molar-refractivity contribution in [2.75, 3.05) is 7.11 Å². The van der Waals surface area contributed by atoms with Crippen molar-refractivity contribution in [1.29, 1.82) is 0 Å². The Morgan fingerprint density at radius 2 is 2.28 bits per heavy atom. The number of fused-ring (bicyclic) bond motifs is 1. The van der Waals surface area contributed by atoms with E-state index in [0.29, 0.717) is 6.54 Å². The van der Waals surface area contributed by atoms with Crippen LogP contribution in [0.1, 0.15) is 5.56 Å². The van der Waals surface area contributed by atoms with Crippen molar-refractivity contribution in [1.82, 2.24) is 9.97 Å². The molecule has 3 aromatic rings. The number of thiophene rings is 1. The molecule has 0 radical (unpaired) electrons. The quantitative estimate of drug-likeness (QED) is 0.760. The fraction of sp³-hybridized carbons (Fsp3) is 0.154. The van der Waals surface area contributed by atoms with Gasteiger partial charge in [0.15, 0.2) is 5.82 Å². The number of benzene rings is 1. The molecule has 3 N–H and O–H groups in total. The molecule has 0 saturated heterocycles. The molecule has 0 amide bonds. The van der Waals surface area contributed by atoms with E-state index in [9.17, 15) is 0 Å². The third kappa shape index (κ3) is 1.77. The van der Waals surface area contributed by atoms with E-state index in [-0.39, 0.29) is 0 Å². The van der Waals surface area contributed by atoms with Crippen LogP contribution in [-0.4, -0.2) is 17.1 Å². The average molecular weight is 259 g/mol. The monoisotopic (exact) mass is 259 g/mol. The highest BCUT2D eigenvalue weighted by Gasteiger charge is 2.12. The van der Waals surface area contributed by atoms with E-state index in [4.69, 9.17) is 10.5 Å². The lowest BCUT2D eigenvalue weighted by atomic mass is 10.2. The van der Waals surface area contributed by atoms with Crippen molar-refractivity contribution >= 4 is 22.4 Å². The van der Waals surface area contributed by atoms with Crippen molar-refractivity contribution in [2.45, 2.75) is 6.54 Å². The highest BCUT2D eigenvalue weighted by molar-refractivity contribution is 7.13. The van der Waals surface area contributed by atoms with Gasteiger partial charge in [0.25, 0.3) is 0 Å². The van der Waals surface area contributed by atoms with Crippen LogP contribution < -0.4 is 10.5 Å². The SMILES string of the molecule is COc1ccsc1-c1nc2ccc(CN)cc2[nH]1. The van der Waals surface area contributed by atoms with Crippen LogP contribution in [0.4, 0.5) is 0 Å². The van der Waals surface area contributed by atoms with E-state index in [2.05, 4.69) is 9.97 Å². The van der Waals surface area contributed by atoms with Crippen LogP contribution in [0.5, 0.6) is 5.75 Å². The third-order valence-corrected chi connectivity index (χ3v) is 3.75. The smallest absolute Gasteiger partial charge is 0.152 e. The zero-order valence-corrected chi connectivity index (χ0v) is 10.8. The minimum Gasteiger partial charge on any atom is -0.495 e. The Morgan fingerprint density at radius 3 is 3.06 bits per heavy atom. The Hall–Kier alpha value is -1.85. The lowest BCUT2D eigenvalue weighted by Gasteiger charge is -1.97. The summed E-state index contributed by atoms with van der Waals surface area (Å²) in [6.07, 6.45) is 0. The van der Waals surface area contributed by atoms with Crippen molar-refractivity contribution < 1.29 is 4.74 Å². The summed E-state index contributed by atoms with van der Waals surface area (Å²) < 4.78 is 5.31. The molecule has 5 heteroatoms. The fourth-order valence-corrected chi connectivity index (χ4v) is 2.73. The topological polar surface area (TPSA) is 63.9 Å². The number of hydrogen-bond acceptors (Lipinski definition) is 4. The molecule has 4 nitrogen and oxygen atoms in total. The van der Waals surface area contributed by atoms with Crippen LogP contribution in [0.15, 0.2) is 29.6 Å². The van der Waals surface area contributed by atoms with E-state index >= 15 is 0 Å². The number of nitrogens with zero attached hydrogens (tertiary/aromatic N) is 1. The maximum atomic E-state index is 5.64. The zero-order valence-electron chi connectivity index (χ0n) is 9.93. The van der Waals surface area contributed by atoms with Crippen LogP contribution in [0.3, 0.4) is 0 Å². The van der Waals surface area contributed by atoms with Crippen LogP contribution in [0, 0.1) is 0 Å². The Kier molecular flexibility index (Phi) is 2.77. The Bertz CT molecular complexity index is 686. The van der Waals surface area contributed by atoms with Gasteiger partial charge in [-0.1, -0.05) is 6.07 Å². The molecule has 0 aliphatic carbocycles. The largest absolute Gasteiger partial charge is 0.495 e. The van der Waals surface area contributed by atoms with Gasteiger partial charge in [0.2, 0.25) is 0 Å². The molecular formula is C13H13N3OS. The molecule has 0 spiro atoms. The summed E-state index contributed by atoms with van der Waals surface area (Å²) in [6.45, 7) is 0.534. The number of imidazole rings is 1. The summed E-state index contributed by atoms with van der Waals surface area (Å²) in [7, 11) is 1.67. The number of nitrogens with two attached hydrogens (primary N) is 1. The molecule has 2 aromatic heterocycles. The molecule has 0 aliphatic rings. The van der Waals surface area contributed by atoms with Gasteiger partial charge in [0.05, 0.1) is 18.1 Å². The summed E-state index contributed by atoms with van der Waals surface area (Å²) in [6, 6.07) is 7.96. The van der Waals surface area contributed by atoms with Crippen LogP contribution in [0.25, 0.3) is 21.7 Å². The van der Waals surface area contributed by atoms with Gasteiger partial charge in [-0.3, -0.25) is 0 Å². The van der Waals surface area contributed by atoms with Crippen LogP contribution >= 0.6 is 11.3 Å². The first-order valence-corrected chi connectivity index (χ1v) is 6.50. The first kappa shape index (κ1) is 11.3. The molecule has 92 valence electrons. The number of rotatable bonds is 3. The van der Waals surface area contributed by atoms with Gasteiger partial charge in [-0.05, 0) is 29.1 Å². The molecule has 2 heterocycles. The van der Waals surface area contributed by atoms with Crippen molar-refractivity contribution in [2.24, 2.45) is 5.73 Å².